The van der Waals surface area contributed by atoms with Crippen LogP contribution in [0, 0.1) is 11.3 Å². The molecule has 0 saturated carbocycles. The highest BCUT2D eigenvalue weighted by molar-refractivity contribution is 5.86. The highest BCUT2D eigenvalue weighted by Crippen LogP contribution is 2.09. The third-order valence-corrected chi connectivity index (χ3v) is 1.70. The molecule has 0 aliphatic rings. The molecule has 0 radical (unpaired) electrons. The Balaban J connectivity index is 2.92. The van der Waals surface area contributed by atoms with E-state index in [4.69, 9.17) is 10.4 Å². The van der Waals surface area contributed by atoms with Gasteiger partial charge in [0.15, 0.2) is 0 Å². The zero-order chi connectivity index (χ0) is 9.84. The second-order valence-corrected chi connectivity index (χ2v) is 2.57. The highest BCUT2D eigenvalue weighted by Gasteiger charge is 2.11. The molecule has 1 rings (SSSR count). The Labute approximate surface area is 75.2 Å². The zero-order valence-corrected chi connectivity index (χ0v) is 7.14. The molecule has 1 atom stereocenters. The quantitative estimate of drug-likeness (QED) is 0.752. The summed E-state index contributed by atoms with van der Waals surface area (Å²) in [6.07, 6.45) is 3.21. The number of aromatic carboxylic acids is 1. The van der Waals surface area contributed by atoms with Crippen molar-refractivity contribution in [3.63, 3.8) is 0 Å². The topological polar surface area (TPSA) is 78.9 Å². The Morgan fingerprint density at radius 3 is 3.00 bits per heavy atom. The molecule has 0 aliphatic heterocycles. The Morgan fingerprint density at radius 1 is 1.92 bits per heavy atom. The predicted molar refractivity (Wildman–Crippen MR) is 44.1 cm³/mol. The van der Waals surface area contributed by atoms with E-state index >= 15 is 0 Å². The minimum absolute atomic E-state index is 0.105. The predicted octanol–water partition coefficient (Wildman–Crippen LogP) is 1.06. The SMILES string of the molecule is CCC(C#N)n1cc(C(=O)O)cn1. The molecular formula is C8H9N3O2. The first-order valence-electron chi connectivity index (χ1n) is 3.86. The second-order valence-electron chi connectivity index (χ2n) is 2.57. The van der Waals surface area contributed by atoms with Crippen molar-refractivity contribution in [3.8, 4) is 6.07 Å². The number of nitriles is 1. The maximum Gasteiger partial charge on any atom is 0.338 e. The van der Waals surface area contributed by atoms with Gasteiger partial charge in [0, 0.05) is 6.20 Å². The van der Waals surface area contributed by atoms with E-state index in [-0.39, 0.29) is 11.6 Å². The van der Waals surface area contributed by atoms with Crippen LogP contribution in [0.2, 0.25) is 0 Å². The van der Waals surface area contributed by atoms with E-state index < -0.39 is 5.97 Å². The van der Waals surface area contributed by atoms with Crippen molar-refractivity contribution in [3.05, 3.63) is 18.0 Å². The van der Waals surface area contributed by atoms with Gasteiger partial charge >= 0.3 is 5.97 Å². The van der Waals surface area contributed by atoms with Gasteiger partial charge in [-0.1, -0.05) is 6.92 Å². The first kappa shape index (κ1) is 9.26. The van der Waals surface area contributed by atoms with Crippen LogP contribution in [0.15, 0.2) is 12.4 Å². The van der Waals surface area contributed by atoms with Gasteiger partial charge in [0.2, 0.25) is 0 Å². The van der Waals surface area contributed by atoms with Crippen LogP contribution in [0.4, 0.5) is 0 Å². The van der Waals surface area contributed by atoms with Gasteiger partial charge in [0.05, 0.1) is 17.8 Å². The number of aromatic nitrogens is 2. The monoisotopic (exact) mass is 179 g/mol. The van der Waals surface area contributed by atoms with Gasteiger partial charge in [0.25, 0.3) is 0 Å². The van der Waals surface area contributed by atoms with Gasteiger partial charge in [-0.05, 0) is 6.42 Å². The lowest BCUT2D eigenvalue weighted by molar-refractivity contribution is 0.0696. The van der Waals surface area contributed by atoms with Crippen LogP contribution in [-0.2, 0) is 0 Å². The van der Waals surface area contributed by atoms with Gasteiger partial charge < -0.3 is 5.11 Å². The normalized spacial score (nSPS) is 12.0. The fraction of sp³-hybridized carbons (Fsp3) is 0.375. The second kappa shape index (κ2) is 3.72. The fourth-order valence-electron chi connectivity index (χ4n) is 0.956. The highest BCUT2D eigenvalue weighted by atomic mass is 16.4. The number of rotatable bonds is 3. The average Bonchev–Trinajstić information content (AvgIpc) is 2.56. The maximum absolute atomic E-state index is 10.5. The van der Waals surface area contributed by atoms with Gasteiger partial charge in [-0.2, -0.15) is 10.4 Å². The fourth-order valence-corrected chi connectivity index (χ4v) is 0.956. The van der Waals surface area contributed by atoms with E-state index in [2.05, 4.69) is 5.10 Å². The standard InChI is InChI=1S/C8H9N3O2/c1-2-7(3-9)11-5-6(4-10-11)8(12)13/h4-5,7H,2H2,1H3,(H,12,13). The number of carboxylic acid groups (broad SMARTS) is 1. The van der Waals surface area contributed by atoms with Crippen LogP contribution in [0.25, 0.3) is 0 Å². The molecule has 1 unspecified atom stereocenters. The number of hydrogen-bond donors (Lipinski definition) is 1. The molecular weight excluding hydrogens is 170 g/mol. The smallest absolute Gasteiger partial charge is 0.338 e. The van der Waals surface area contributed by atoms with E-state index in [1.807, 2.05) is 13.0 Å². The first-order chi connectivity index (χ1) is 6.19. The lowest BCUT2D eigenvalue weighted by Gasteiger charge is -2.04. The molecule has 1 N–H and O–H groups in total. The molecule has 1 aromatic heterocycles. The summed E-state index contributed by atoms with van der Waals surface area (Å²) in [5.41, 5.74) is 0.105. The molecule has 0 aromatic carbocycles. The zero-order valence-electron chi connectivity index (χ0n) is 7.14. The third-order valence-electron chi connectivity index (χ3n) is 1.70. The Hall–Kier alpha value is -1.83. The van der Waals surface area contributed by atoms with Gasteiger partial charge in [-0.3, -0.25) is 4.68 Å². The Morgan fingerprint density at radius 2 is 2.62 bits per heavy atom. The summed E-state index contributed by atoms with van der Waals surface area (Å²) in [7, 11) is 0. The molecule has 13 heavy (non-hydrogen) atoms. The molecule has 5 heteroatoms. The molecule has 0 saturated heterocycles. The number of carbonyl (C=O) groups is 1. The lowest BCUT2D eigenvalue weighted by atomic mass is 10.2. The van der Waals surface area contributed by atoms with E-state index in [1.54, 1.807) is 0 Å². The molecule has 1 aromatic rings. The van der Waals surface area contributed by atoms with Crippen molar-refractivity contribution < 1.29 is 9.90 Å². The summed E-state index contributed by atoms with van der Waals surface area (Å²) in [6.45, 7) is 1.84. The summed E-state index contributed by atoms with van der Waals surface area (Å²) in [5.74, 6) is -1.03. The summed E-state index contributed by atoms with van der Waals surface area (Å²) in [5, 5.41) is 21.1. The summed E-state index contributed by atoms with van der Waals surface area (Å²) in [6, 6.07) is 1.65. The van der Waals surface area contributed by atoms with Crippen LogP contribution in [0.1, 0.15) is 29.7 Å². The summed E-state index contributed by atoms with van der Waals surface area (Å²) >= 11 is 0. The van der Waals surface area contributed by atoms with E-state index in [0.717, 1.165) is 0 Å². The Kier molecular flexibility index (Phi) is 2.65. The molecule has 0 bridgehead atoms. The van der Waals surface area contributed by atoms with E-state index in [9.17, 15) is 4.79 Å². The van der Waals surface area contributed by atoms with Crippen LogP contribution in [0.3, 0.4) is 0 Å². The molecule has 68 valence electrons. The summed E-state index contributed by atoms with van der Waals surface area (Å²) in [4.78, 5) is 10.5. The van der Waals surface area contributed by atoms with Gasteiger partial charge in [-0.15, -0.1) is 0 Å². The maximum atomic E-state index is 10.5. The largest absolute Gasteiger partial charge is 0.478 e. The lowest BCUT2D eigenvalue weighted by Crippen LogP contribution is -2.05. The van der Waals surface area contributed by atoms with E-state index in [1.165, 1.54) is 17.1 Å². The summed E-state index contributed by atoms with van der Waals surface area (Å²) < 4.78 is 1.36. The van der Waals surface area contributed by atoms with Crippen molar-refractivity contribution >= 4 is 5.97 Å². The minimum atomic E-state index is -1.03. The van der Waals surface area contributed by atoms with Crippen LogP contribution in [-0.4, -0.2) is 20.9 Å². The minimum Gasteiger partial charge on any atom is -0.478 e. The van der Waals surface area contributed by atoms with Gasteiger partial charge in [-0.25, -0.2) is 4.79 Å². The number of carboxylic acids is 1. The van der Waals surface area contributed by atoms with Crippen LogP contribution >= 0.6 is 0 Å². The van der Waals surface area contributed by atoms with Crippen LogP contribution < -0.4 is 0 Å². The average molecular weight is 179 g/mol. The molecule has 0 fully saturated rings. The number of nitrogens with zero attached hydrogens (tertiary/aromatic N) is 3. The van der Waals surface area contributed by atoms with Gasteiger partial charge in [0.1, 0.15) is 6.04 Å². The molecule has 5 nitrogen and oxygen atoms in total. The van der Waals surface area contributed by atoms with Crippen molar-refractivity contribution in [1.29, 1.82) is 5.26 Å². The van der Waals surface area contributed by atoms with Crippen molar-refractivity contribution in [2.75, 3.05) is 0 Å². The third kappa shape index (κ3) is 1.85. The molecule has 0 spiro atoms. The molecule has 0 aliphatic carbocycles. The van der Waals surface area contributed by atoms with Crippen molar-refractivity contribution in [2.45, 2.75) is 19.4 Å². The Bertz CT molecular complexity index is 351. The first-order valence-corrected chi connectivity index (χ1v) is 3.86. The molecule has 0 amide bonds. The van der Waals surface area contributed by atoms with E-state index in [0.29, 0.717) is 6.42 Å². The van der Waals surface area contributed by atoms with Crippen molar-refractivity contribution in [1.82, 2.24) is 9.78 Å². The number of hydrogen-bond acceptors (Lipinski definition) is 3. The van der Waals surface area contributed by atoms with Crippen molar-refractivity contribution in [2.24, 2.45) is 0 Å². The molecule has 1 heterocycles. The van der Waals surface area contributed by atoms with Crippen LogP contribution in [0.5, 0.6) is 0 Å².